The van der Waals surface area contributed by atoms with Crippen LogP contribution in [0.25, 0.3) is 10.9 Å². The number of nitrogens with zero attached hydrogens (tertiary/aromatic N) is 2. The Morgan fingerprint density at radius 2 is 2.10 bits per heavy atom. The molecule has 0 aliphatic rings. The van der Waals surface area contributed by atoms with Gasteiger partial charge in [0.1, 0.15) is 0 Å². The second-order valence-electron chi connectivity index (χ2n) is 4.59. The van der Waals surface area contributed by atoms with Crippen molar-refractivity contribution >= 4 is 10.9 Å². The van der Waals surface area contributed by atoms with Gasteiger partial charge in [0.05, 0.1) is 22.8 Å². The molecule has 7 heteroatoms. The van der Waals surface area contributed by atoms with Gasteiger partial charge in [0.2, 0.25) is 0 Å². The minimum Gasteiger partial charge on any atom is -0.315 e. The Hall–Kier alpha value is -1.89. The number of halogens is 3. The van der Waals surface area contributed by atoms with E-state index in [-0.39, 0.29) is 23.5 Å². The Bertz CT molecular complexity index is 679. The third-order valence-electron chi connectivity index (χ3n) is 3.12. The molecule has 0 saturated carbocycles. The van der Waals surface area contributed by atoms with Crippen molar-refractivity contribution in [3.8, 4) is 0 Å². The smallest absolute Gasteiger partial charge is 0.315 e. The number of hydrogen-bond acceptors (Lipinski definition) is 3. The average Bonchev–Trinajstić information content (AvgIpc) is 2.40. The van der Waals surface area contributed by atoms with Gasteiger partial charge >= 0.3 is 6.18 Å². The molecule has 0 fully saturated rings. The second-order valence-corrected chi connectivity index (χ2v) is 4.59. The van der Waals surface area contributed by atoms with Crippen molar-refractivity contribution < 1.29 is 13.2 Å². The highest BCUT2D eigenvalue weighted by atomic mass is 19.4. The maximum absolute atomic E-state index is 13.0. The standard InChI is InChI=1S/C13H14F3N3O/c1-8(17-2)6-19-7-18-10-5-3-4-9(13(14,15)16)11(10)12(19)20/h3-5,7-8,17H,6H2,1-2H3. The summed E-state index contributed by atoms with van der Waals surface area (Å²) in [6.07, 6.45) is -3.30. The van der Waals surface area contributed by atoms with Crippen molar-refractivity contribution in [3.05, 3.63) is 40.4 Å². The highest BCUT2D eigenvalue weighted by Gasteiger charge is 2.33. The van der Waals surface area contributed by atoms with Crippen molar-refractivity contribution in [2.45, 2.75) is 25.7 Å². The Morgan fingerprint density at radius 1 is 1.40 bits per heavy atom. The first-order valence-corrected chi connectivity index (χ1v) is 6.07. The number of benzene rings is 1. The number of likely N-dealkylation sites (N-methyl/N-ethyl adjacent to an activating group) is 1. The van der Waals surface area contributed by atoms with Crippen LogP contribution < -0.4 is 10.9 Å². The van der Waals surface area contributed by atoms with E-state index in [4.69, 9.17) is 0 Å². The maximum atomic E-state index is 13.0. The lowest BCUT2D eigenvalue weighted by atomic mass is 10.1. The second kappa shape index (κ2) is 5.24. The van der Waals surface area contributed by atoms with Crippen molar-refractivity contribution in [1.82, 2.24) is 14.9 Å². The van der Waals surface area contributed by atoms with Gasteiger partial charge in [-0.3, -0.25) is 9.36 Å². The first kappa shape index (κ1) is 14.5. The average molecular weight is 285 g/mol. The van der Waals surface area contributed by atoms with E-state index in [9.17, 15) is 18.0 Å². The molecule has 0 spiro atoms. The van der Waals surface area contributed by atoms with Crippen LogP contribution in [0.3, 0.4) is 0 Å². The molecule has 0 saturated heterocycles. The zero-order valence-electron chi connectivity index (χ0n) is 11.0. The fourth-order valence-corrected chi connectivity index (χ4v) is 1.95. The molecule has 0 amide bonds. The number of nitrogens with one attached hydrogen (secondary N) is 1. The van der Waals surface area contributed by atoms with Gasteiger partial charge in [-0.15, -0.1) is 0 Å². The zero-order chi connectivity index (χ0) is 14.9. The summed E-state index contributed by atoms with van der Waals surface area (Å²) in [4.78, 5) is 16.2. The summed E-state index contributed by atoms with van der Waals surface area (Å²) in [5.74, 6) is 0. The minimum absolute atomic E-state index is 0.0509. The predicted octanol–water partition coefficient (Wildman–Crippen LogP) is 2.02. The summed E-state index contributed by atoms with van der Waals surface area (Å²) < 4.78 is 40.1. The van der Waals surface area contributed by atoms with E-state index in [0.717, 1.165) is 6.07 Å². The van der Waals surface area contributed by atoms with E-state index in [2.05, 4.69) is 10.3 Å². The molecule has 0 radical (unpaired) electrons. The first-order valence-electron chi connectivity index (χ1n) is 6.07. The van der Waals surface area contributed by atoms with Gasteiger partial charge < -0.3 is 5.32 Å². The molecule has 1 atom stereocenters. The van der Waals surface area contributed by atoms with Gasteiger partial charge in [-0.05, 0) is 26.1 Å². The number of hydrogen-bond donors (Lipinski definition) is 1. The fourth-order valence-electron chi connectivity index (χ4n) is 1.95. The van der Waals surface area contributed by atoms with Crippen LogP contribution in [0.4, 0.5) is 13.2 Å². The van der Waals surface area contributed by atoms with E-state index in [1.54, 1.807) is 7.05 Å². The van der Waals surface area contributed by atoms with Gasteiger partial charge in [0, 0.05) is 12.6 Å². The summed E-state index contributed by atoms with van der Waals surface area (Å²) >= 11 is 0. The monoisotopic (exact) mass is 285 g/mol. The summed E-state index contributed by atoms with van der Waals surface area (Å²) in [5.41, 5.74) is -1.57. The predicted molar refractivity (Wildman–Crippen MR) is 69.5 cm³/mol. The minimum atomic E-state index is -4.58. The summed E-state index contributed by atoms with van der Waals surface area (Å²) in [5, 5.41) is 2.54. The number of rotatable bonds is 3. The van der Waals surface area contributed by atoms with Gasteiger partial charge in [0.15, 0.2) is 0 Å². The van der Waals surface area contributed by atoms with Crippen molar-refractivity contribution in [2.24, 2.45) is 0 Å². The van der Waals surface area contributed by atoms with Gasteiger partial charge in [-0.2, -0.15) is 13.2 Å². The normalized spacial score (nSPS) is 13.7. The molecule has 108 valence electrons. The first-order chi connectivity index (χ1) is 9.34. The summed E-state index contributed by atoms with van der Waals surface area (Å²) in [6, 6.07) is 3.50. The number of aromatic nitrogens is 2. The molecular weight excluding hydrogens is 271 g/mol. The molecule has 4 nitrogen and oxygen atoms in total. The van der Waals surface area contributed by atoms with Crippen LogP contribution in [-0.2, 0) is 12.7 Å². The molecule has 2 rings (SSSR count). The molecule has 1 heterocycles. The van der Waals surface area contributed by atoms with E-state index >= 15 is 0 Å². The lowest BCUT2D eigenvalue weighted by Gasteiger charge is -2.14. The Balaban J connectivity index is 2.68. The van der Waals surface area contributed by atoms with Crippen LogP contribution in [0.1, 0.15) is 12.5 Å². The quantitative estimate of drug-likeness (QED) is 0.938. The molecule has 1 aromatic heterocycles. The number of alkyl halides is 3. The molecule has 1 aromatic carbocycles. The van der Waals surface area contributed by atoms with E-state index < -0.39 is 17.3 Å². The zero-order valence-corrected chi connectivity index (χ0v) is 11.0. The van der Waals surface area contributed by atoms with E-state index in [1.807, 2.05) is 6.92 Å². The fraction of sp³-hybridized carbons (Fsp3) is 0.385. The third kappa shape index (κ3) is 2.67. The van der Waals surface area contributed by atoms with Gasteiger partial charge in [0.25, 0.3) is 5.56 Å². The molecular formula is C13H14F3N3O. The molecule has 0 bridgehead atoms. The van der Waals surface area contributed by atoms with Crippen LogP contribution in [0.15, 0.2) is 29.3 Å². The van der Waals surface area contributed by atoms with E-state index in [1.165, 1.54) is 23.0 Å². The lowest BCUT2D eigenvalue weighted by Crippen LogP contribution is -2.33. The van der Waals surface area contributed by atoms with Crippen molar-refractivity contribution in [3.63, 3.8) is 0 Å². The van der Waals surface area contributed by atoms with Crippen LogP contribution in [0.2, 0.25) is 0 Å². The topological polar surface area (TPSA) is 46.9 Å². The van der Waals surface area contributed by atoms with Crippen LogP contribution in [0.5, 0.6) is 0 Å². The van der Waals surface area contributed by atoms with Crippen molar-refractivity contribution in [1.29, 1.82) is 0 Å². The highest BCUT2D eigenvalue weighted by Crippen LogP contribution is 2.32. The van der Waals surface area contributed by atoms with E-state index in [0.29, 0.717) is 0 Å². The molecule has 0 aliphatic carbocycles. The molecule has 2 aromatic rings. The van der Waals surface area contributed by atoms with Crippen LogP contribution >= 0.6 is 0 Å². The van der Waals surface area contributed by atoms with Crippen molar-refractivity contribution in [2.75, 3.05) is 7.05 Å². The van der Waals surface area contributed by atoms with Gasteiger partial charge in [-0.25, -0.2) is 4.98 Å². The van der Waals surface area contributed by atoms with Crippen LogP contribution in [0, 0.1) is 0 Å². The largest absolute Gasteiger partial charge is 0.417 e. The SMILES string of the molecule is CNC(C)Cn1cnc2cccc(C(F)(F)F)c2c1=O. The molecule has 1 unspecified atom stereocenters. The molecule has 0 aliphatic heterocycles. The maximum Gasteiger partial charge on any atom is 0.417 e. The van der Waals surface area contributed by atoms with Gasteiger partial charge in [-0.1, -0.05) is 6.07 Å². The van der Waals surface area contributed by atoms with Crippen LogP contribution in [-0.4, -0.2) is 22.6 Å². The number of fused-ring (bicyclic) bond motifs is 1. The Morgan fingerprint density at radius 3 is 2.70 bits per heavy atom. The highest BCUT2D eigenvalue weighted by molar-refractivity contribution is 5.81. The Labute approximate surface area is 113 Å². The summed E-state index contributed by atoms with van der Waals surface area (Å²) in [7, 11) is 1.71. The molecule has 20 heavy (non-hydrogen) atoms. The summed E-state index contributed by atoms with van der Waals surface area (Å²) in [6.45, 7) is 2.08. The molecule has 1 N–H and O–H groups in total. The lowest BCUT2D eigenvalue weighted by molar-refractivity contribution is -0.136. The third-order valence-corrected chi connectivity index (χ3v) is 3.12. The Kier molecular flexibility index (Phi) is 3.80.